The van der Waals surface area contributed by atoms with Gasteiger partial charge in [0.05, 0.1) is 19.8 Å². The van der Waals surface area contributed by atoms with E-state index in [9.17, 15) is 27.7 Å². The summed E-state index contributed by atoms with van der Waals surface area (Å²) in [5, 5.41) is 10.6. The van der Waals surface area contributed by atoms with Gasteiger partial charge in [-0.15, -0.1) is 6.58 Å². The molecule has 0 aliphatic carbocycles. The second kappa shape index (κ2) is 22.3. The van der Waals surface area contributed by atoms with Crippen LogP contribution in [0.25, 0.3) is 0 Å². The summed E-state index contributed by atoms with van der Waals surface area (Å²) in [6, 6.07) is 0. The molecule has 2 unspecified atom stereocenters. The molecule has 0 aliphatic rings. The summed E-state index contributed by atoms with van der Waals surface area (Å²) in [4.78, 5) is 21.2. The van der Waals surface area contributed by atoms with Crippen molar-refractivity contribution < 1.29 is 41.9 Å². The first-order valence-corrected chi connectivity index (χ1v) is 15.9. The van der Waals surface area contributed by atoms with Gasteiger partial charge < -0.3 is 19.3 Å². The highest BCUT2D eigenvalue weighted by Crippen LogP contribution is 2.25. The second-order valence-electron chi connectivity index (χ2n) is 9.78. The molecule has 0 spiro atoms. The van der Waals surface area contributed by atoms with Crippen LogP contribution in [0.1, 0.15) is 123 Å². The maximum Gasteiger partial charge on any atom is 0.360 e. The molecule has 10 heteroatoms. The summed E-state index contributed by atoms with van der Waals surface area (Å²) in [7, 11) is -5.51. The van der Waals surface area contributed by atoms with Crippen molar-refractivity contribution >= 4 is 22.1 Å². The molecule has 2 N–H and O–H groups in total. The van der Waals surface area contributed by atoms with Crippen molar-refractivity contribution in [2.45, 2.75) is 134 Å². The Morgan fingerprint density at radius 3 is 1.61 bits per heavy atom. The van der Waals surface area contributed by atoms with E-state index in [-0.39, 0.29) is 19.8 Å². The number of rotatable bonds is 26. The molecule has 0 rings (SSSR count). The van der Waals surface area contributed by atoms with Crippen molar-refractivity contribution in [2.75, 3.05) is 19.8 Å². The van der Waals surface area contributed by atoms with Crippen LogP contribution in [-0.2, 0) is 33.9 Å². The lowest BCUT2D eigenvalue weighted by Crippen LogP contribution is -2.60. The Labute approximate surface area is 230 Å². The summed E-state index contributed by atoms with van der Waals surface area (Å²) in [6.07, 6.45) is 18.3. The van der Waals surface area contributed by atoms with E-state index >= 15 is 0 Å². The van der Waals surface area contributed by atoms with E-state index in [0.29, 0.717) is 12.8 Å². The Bertz CT molecular complexity index is 739. The minimum atomic E-state index is -5.51. The minimum Gasteiger partial charge on any atom is -0.464 e. The van der Waals surface area contributed by atoms with Gasteiger partial charge >= 0.3 is 27.0 Å². The van der Waals surface area contributed by atoms with E-state index in [0.717, 1.165) is 25.7 Å². The molecule has 38 heavy (non-hydrogen) atoms. The van der Waals surface area contributed by atoms with Gasteiger partial charge in [-0.3, -0.25) is 4.55 Å². The van der Waals surface area contributed by atoms with Crippen LogP contribution in [0.3, 0.4) is 0 Å². The zero-order valence-electron chi connectivity index (χ0n) is 23.7. The maximum atomic E-state index is 12.6. The summed E-state index contributed by atoms with van der Waals surface area (Å²) in [5.41, 5.74) is 0. The average molecular weight is 565 g/mol. The molecule has 0 aromatic rings. The number of aliphatic hydroxyl groups is 1. The monoisotopic (exact) mass is 564 g/mol. The molecule has 0 radical (unpaired) electrons. The molecule has 0 saturated carbocycles. The lowest BCUT2D eigenvalue weighted by atomic mass is 10.0. The molecule has 0 heterocycles. The third kappa shape index (κ3) is 15.2. The SMILES string of the molecule is C=CCOC(C(=O)OCCCCCCCCCCCCCCCCCC)C(O)(C(=O)OCCC)S(=O)(=O)O. The van der Waals surface area contributed by atoms with Gasteiger partial charge in [-0.2, -0.15) is 8.42 Å². The zero-order valence-corrected chi connectivity index (χ0v) is 24.5. The first-order chi connectivity index (χ1) is 18.2. The fourth-order valence-corrected chi connectivity index (χ4v) is 4.75. The van der Waals surface area contributed by atoms with Crippen molar-refractivity contribution in [2.24, 2.45) is 0 Å². The van der Waals surface area contributed by atoms with Gasteiger partial charge in [0, 0.05) is 0 Å². The Balaban J connectivity index is 4.26. The number of carbonyl (C=O) groups is 2. The zero-order chi connectivity index (χ0) is 28.7. The van der Waals surface area contributed by atoms with Gasteiger partial charge in [0.25, 0.3) is 0 Å². The highest BCUT2D eigenvalue weighted by molar-refractivity contribution is 7.88. The fraction of sp³-hybridized carbons (Fsp3) is 0.857. The van der Waals surface area contributed by atoms with Gasteiger partial charge in [0.2, 0.25) is 6.10 Å². The van der Waals surface area contributed by atoms with E-state index in [2.05, 4.69) is 13.5 Å². The summed E-state index contributed by atoms with van der Waals surface area (Å²) < 4.78 is 48.1. The van der Waals surface area contributed by atoms with Crippen LogP contribution in [0.2, 0.25) is 0 Å². The van der Waals surface area contributed by atoms with Crippen LogP contribution in [0.15, 0.2) is 12.7 Å². The van der Waals surface area contributed by atoms with Crippen LogP contribution in [-0.4, -0.2) is 60.9 Å². The lowest BCUT2D eigenvalue weighted by molar-refractivity contribution is -0.183. The molecule has 0 aliphatic heterocycles. The smallest absolute Gasteiger partial charge is 0.360 e. The molecular weight excluding hydrogens is 512 g/mol. The average Bonchev–Trinajstić information content (AvgIpc) is 2.88. The molecule has 0 bridgehead atoms. The van der Waals surface area contributed by atoms with E-state index in [1.165, 1.54) is 76.7 Å². The van der Waals surface area contributed by atoms with Crippen molar-refractivity contribution in [1.29, 1.82) is 0 Å². The van der Waals surface area contributed by atoms with Crippen molar-refractivity contribution in [3.63, 3.8) is 0 Å². The van der Waals surface area contributed by atoms with Crippen LogP contribution in [0.5, 0.6) is 0 Å². The Hall–Kier alpha value is -1.49. The number of unbranched alkanes of at least 4 members (excludes halogenated alkanes) is 15. The molecule has 224 valence electrons. The highest BCUT2D eigenvalue weighted by Gasteiger charge is 2.61. The predicted molar refractivity (Wildman–Crippen MR) is 148 cm³/mol. The van der Waals surface area contributed by atoms with Gasteiger partial charge in [-0.25, -0.2) is 9.59 Å². The lowest BCUT2D eigenvalue weighted by Gasteiger charge is -2.29. The number of ether oxygens (including phenoxy) is 3. The quantitative estimate of drug-likeness (QED) is 0.0570. The van der Waals surface area contributed by atoms with Crippen LogP contribution in [0, 0.1) is 0 Å². The minimum absolute atomic E-state index is 0.0449. The molecular formula is C28H52O9S. The van der Waals surface area contributed by atoms with Gasteiger partial charge in [0.1, 0.15) is 0 Å². The topological polar surface area (TPSA) is 136 Å². The normalized spacial score (nSPS) is 14.0. The largest absolute Gasteiger partial charge is 0.464 e. The number of esters is 2. The molecule has 0 saturated heterocycles. The second-order valence-corrected chi connectivity index (χ2v) is 11.4. The fourth-order valence-electron chi connectivity index (χ4n) is 4.05. The molecule has 0 fully saturated rings. The Kier molecular flexibility index (Phi) is 21.5. The van der Waals surface area contributed by atoms with Gasteiger partial charge in [-0.1, -0.05) is 116 Å². The van der Waals surface area contributed by atoms with E-state index in [1.54, 1.807) is 6.92 Å². The van der Waals surface area contributed by atoms with Crippen molar-refractivity contribution in [3.05, 3.63) is 12.7 Å². The number of hydrogen-bond acceptors (Lipinski definition) is 8. The third-order valence-electron chi connectivity index (χ3n) is 6.32. The van der Waals surface area contributed by atoms with Crippen LogP contribution >= 0.6 is 0 Å². The highest BCUT2D eigenvalue weighted by atomic mass is 32.2. The predicted octanol–water partition coefficient (Wildman–Crippen LogP) is 5.89. The molecule has 0 amide bonds. The van der Waals surface area contributed by atoms with Crippen molar-refractivity contribution in [3.8, 4) is 0 Å². The van der Waals surface area contributed by atoms with Crippen molar-refractivity contribution in [1.82, 2.24) is 0 Å². The standard InChI is InChI=1S/C28H52O9S/c1-4-7-8-9-10-11-12-13-14-15-16-17-18-19-20-21-24-36-26(29)25(35-22-5-2)28(31,38(32,33)34)27(30)37-23-6-3/h5,25,31H,2,4,6-24H2,1,3H3,(H,32,33,34). The van der Waals surface area contributed by atoms with Gasteiger partial charge in [-0.05, 0) is 12.8 Å². The third-order valence-corrected chi connectivity index (χ3v) is 7.48. The van der Waals surface area contributed by atoms with Gasteiger partial charge in [0.15, 0.2) is 0 Å². The van der Waals surface area contributed by atoms with E-state index in [4.69, 9.17) is 14.2 Å². The summed E-state index contributed by atoms with van der Waals surface area (Å²) in [6.45, 7) is 6.64. The van der Waals surface area contributed by atoms with E-state index in [1.807, 2.05) is 0 Å². The Morgan fingerprint density at radius 1 is 0.763 bits per heavy atom. The molecule has 0 aromatic carbocycles. The van der Waals surface area contributed by atoms with E-state index < -0.39 is 33.1 Å². The Morgan fingerprint density at radius 2 is 1.21 bits per heavy atom. The van der Waals surface area contributed by atoms with Crippen LogP contribution < -0.4 is 0 Å². The number of carbonyl (C=O) groups excluding carboxylic acids is 2. The molecule has 2 atom stereocenters. The summed E-state index contributed by atoms with van der Waals surface area (Å²) in [5.74, 6) is -3.00. The first kappa shape index (κ1) is 36.5. The van der Waals surface area contributed by atoms with Crippen LogP contribution in [0.4, 0.5) is 0 Å². The number of hydrogen-bond donors (Lipinski definition) is 2. The maximum absolute atomic E-state index is 12.6. The molecule has 0 aromatic heterocycles. The first-order valence-electron chi connectivity index (χ1n) is 14.4. The molecule has 9 nitrogen and oxygen atoms in total. The summed E-state index contributed by atoms with van der Waals surface area (Å²) >= 11 is 0.